The number of carbonyl (C=O) groups excluding carboxylic acids is 1. The van der Waals surface area contributed by atoms with E-state index in [1.165, 1.54) is 12.1 Å². The van der Waals surface area contributed by atoms with Crippen LogP contribution in [0.4, 0.5) is 0 Å². The zero-order valence-corrected chi connectivity index (χ0v) is 18.9. The van der Waals surface area contributed by atoms with Crippen LogP contribution in [0, 0.1) is 0 Å². The molecule has 1 aliphatic heterocycles. The lowest BCUT2D eigenvalue weighted by Gasteiger charge is -2.20. The van der Waals surface area contributed by atoms with Gasteiger partial charge in [0.1, 0.15) is 11.5 Å². The van der Waals surface area contributed by atoms with E-state index in [0.29, 0.717) is 24.6 Å². The first-order valence-electron chi connectivity index (χ1n) is 10.6. The van der Waals surface area contributed by atoms with Crippen LogP contribution in [0.2, 0.25) is 0 Å². The van der Waals surface area contributed by atoms with E-state index in [1.807, 2.05) is 31.2 Å². The highest BCUT2D eigenvalue weighted by Crippen LogP contribution is 2.25. The molecule has 1 fully saturated rings. The fourth-order valence-corrected chi connectivity index (χ4v) is 5.19. The van der Waals surface area contributed by atoms with E-state index in [9.17, 15) is 13.2 Å². The molecule has 31 heavy (non-hydrogen) atoms. The molecule has 0 bridgehead atoms. The first kappa shape index (κ1) is 23.1. The third kappa shape index (κ3) is 5.98. The SMILES string of the molecule is COc1ccccc1[C@H](C)NC(=O)COc1ccc(S(=O)(=O)N2CCCCCC2)cc1. The molecule has 1 aliphatic rings. The monoisotopic (exact) mass is 446 g/mol. The standard InChI is InChI=1S/C23H30N2O5S/c1-18(21-9-5-6-10-22(21)29-2)24-23(26)17-30-19-11-13-20(14-12-19)31(27,28)25-15-7-3-4-8-16-25/h5-6,9-14,18H,3-4,7-8,15-17H2,1-2H3,(H,24,26)/t18-/m0/s1. The molecule has 1 heterocycles. The molecule has 8 heteroatoms. The van der Waals surface area contributed by atoms with E-state index in [0.717, 1.165) is 31.2 Å². The molecule has 1 saturated heterocycles. The van der Waals surface area contributed by atoms with Gasteiger partial charge in [0.2, 0.25) is 10.0 Å². The van der Waals surface area contributed by atoms with Gasteiger partial charge in [-0.25, -0.2) is 8.42 Å². The summed E-state index contributed by atoms with van der Waals surface area (Å²) in [7, 11) is -1.91. The first-order valence-corrected chi connectivity index (χ1v) is 12.0. The summed E-state index contributed by atoms with van der Waals surface area (Å²) in [5.74, 6) is 0.868. The molecule has 0 aliphatic carbocycles. The molecule has 3 rings (SSSR count). The Hall–Kier alpha value is -2.58. The normalized spacial score (nSPS) is 16.2. The third-order valence-electron chi connectivity index (χ3n) is 5.38. The molecule has 168 valence electrons. The van der Waals surface area contributed by atoms with Crippen molar-refractivity contribution >= 4 is 15.9 Å². The molecule has 0 spiro atoms. The first-order chi connectivity index (χ1) is 14.9. The zero-order valence-electron chi connectivity index (χ0n) is 18.0. The topological polar surface area (TPSA) is 84.9 Å². The largest absolute Gasteiger partial charge is 0.496 e. The number of benzene rings is 2. The van der Waals surface area contributed by atoms with Crippen molar-refractivity contribution in [1.29, 1.82) is 0 Å². The van der Waals surface area contributed by atoms with E-state index in [4.69, 9.17) is 9.47 Å². The molecule has 1 amide bonds. The Balaban J connectivity index is 1.55. The second kappa shape index (κ2) is 10.6. The number of sulfonamides is 1. The molecule has 0 unspecified atom stereocenters. The van der Waals surface area contributed by atoms with Crippen molar-refractivity contribution in [2.24, 2.45) is 0 Å². The smallest absolute Gasteiger partial charge is 0.258 e. The van der Waals surface area contributed by atoms with E-state index in [2.05, 4.69) is 5.32 Å². The zero-order chi connectivity index (χ0) is 22.3. The minimum absolute atomic E-state index is 0.169. The number of hydrogen-bond acceptors (Lipinski definition) is 5. The Kier molecular flexibility index (Phi) is 7.92. The Morgan fingerprint density at radius 2 is 1.68 bits per heavy atom. The molecular formula is C23H30N2O5S. The van der Waals surface area contributed by atoms with Crippen molar-refractivity contribution in [1.82, 2.24) is 9.62 Å². The second-order valence-electron chi connectivity index (χ2n) is 7.61. The van der Waals surface area contributed by atoms with Crippen molar-refractivity contribution in [2.75, 3.05) is 26.8 Å². The van der Waals surface area contributed by atoms with Crippen LogP contribution in [0.5, 0.6) is 11.5 Å². The number of nitrogens with one attached hydrogen (secondary N) is 1. The van der Waals surface area contributed by atoms with Crippen LogP contribution in [0.3, 0.4) is 0 Å². The summed E-state index contributed by atoms with van der Waals surface area (Å²) >= 11 is 0. The number of nitrogens with zero attached hydrogens (tertiary/aromatic N) is 1. The fourth-order valence-electron chi connectivity index (χ4n) is 3.67. The molecule has 0 aromatic heterocycles. The quantitative estimate of drug-likeness (QED) is 0.671. The maximum Gasteiger partial charge on any atom is 0.258 e. The molecule has 0 saturated carbocycles. The van der Waals surface area contributed by atoms with Gasteiger partial charge in [0.05, 0.1) is 18.0 Å². The van der Waals surface area contributed by atoms with Crippen LogP contribution < -0.4 is 14.8 Å². The van der Waals surface area contributed by atoms with Crippen LogP contribution in [-0.2, 0) is 14.8 Å². The van der Waals surface area contributed by atoms with Gasteiger partial charge in [-0.2, -0.15) is 4.31 Å². The number of ether oxygens (including phenoxy) is 2. The molecule has 2 aromatic rings. The minimum Gasteiger partial charge on any atom is -0.496 e. The summed E-state index contributed by atoms with van der Waals surface area (Å²) in [6, 6.07) is 13.5. The highest BCUT2D eigenvalue weighted by Gasteiger charge is 2.25. The number of para-hydroxylation sites is 1. The Bertz CT molecular complexity index is 968. The third-order valence-corrected chi connectivity index (χ3v) is 7.29. The van der Waals surface area contributed by atoms with Crippen molar-refractivity contribution in [2.45, 2.75) is 43.5 Å². The lowest BCUT2D eigenvalue weighted by Crippen LogP contribution is -2.32. The minimum atomic E-state index is -3.50. The molecule has 0 radical (unpaired) electrons. The summed E-state index contributed by atoms with van der Waals surface area (Å²) in [6.45, 7) is 2.83. The van der Waals surface area contributed by atoms with Crippen LogP contribution in [0.1, 0.15) is 44.2 Å². The van der Waals surface area contributed by atoms with Gasteiger partial charge >= 0.3 is 0 Å². The second-order valence-corrected chi connectivity index (χ2v) is 9.55. The Morgan fingerprint density at radius 3 is 2.32 bits per heavy atom. The van der Waals surface area contributed by atoms with Gasteiger partial charge in [-0.15, -0.1) is 0 Å². The molecule has 1 N–H and O–H groups in total. The van der Waals surface area contributed by atoms with Gasteiger partial charge in [-0.05, 0) is 50.1 Å². The average Bonchev–Trinajstić information content (AvgIpc) is 3.08. The Labute approximate surface area is 184 Å². The average molecular weight is 447 g/mol. The van der Waals surface area contributed by atoms with E-state index >= 15 is 0 Å². The van der Waals surface area contributed by atoms with Gasteiger partial charge < -0.3 is 14.8 Å². The summed E-state index contributed by atoms with van der Waals surface area (Å²) in [5, 5.41) is 2.88. The Morgan fingerprint density at radius 1 is 1.03 bits per heavy atom. The highest BCUT2D eigenvalue weighted by atomic mass is 32.2. The predicted molar refractivity (Wildman–Crippen MR) is 119 cm³/mol. The molecule has 2 aromatic carbocycles. The van der Waals surface area contributed by atoms with Crippen molar-refractivity contribution in [3.8, 4) is 11.5 Å². The van der Waals surface area contributed by atoms with Crippen LogP contribution in [0.25, 0.3) is 0 Å². The van der Waals surface area contributed by atoms with Gasteiger partial charge in [-0.3, -0.25) is 4.79 Å². The van der Waals surface area contributed by atoms with E-state index in [1.54, 1.807) is 23.5 Å². The van der Waals surface area contributed by atoms with Gasteiger partial charge in [0.15, 0.2) is 6.61 Å². The van der Waals surface area contributed by atoms with E-state index in [-0.39, 0.29) is 23.5 Å². The lowest BCUT2D eigenvalue weighted by atomic mass is 10.1. The number of carbonyl (C=O) groups is 1. The molecular weight excluding hydrogens is 416 g/mol. The fraction of sp³-hybridized carbons (Fsp3) is 0.435. The summed E-state index contributed by atoms with van der Waals surface area (Å²) in [6.07, 6.45) is 3.92. The van der Waals surface area contributed by atoms with Crippen molar-refractivity contribution < 1.29 is 22.7 Å². The summed E-state index contributed by atoms with van der Waals surface area (Å²) < 4.78 is 38.1. The number of amides is 1. The highest BCUT2D eigenvalue weighted by molar-refractivity contribution is 7.89. The molecule has 1 atom stereocenters. The van der Waals surface area contributed by atoms with Crippen molar-refractivity contribution in [3.05, 3.63) is 54.1 Å². The van der Waals surface area contributed by atoms with Crippen LogP contribution >= 0.6 is 0 Å². The number of hydrogen-bond donors (Lipinski definition) is 1. The van der Waals surface area contributed by atoms with E-state index < -0.39 is 10.0 Å². The number of methoxy groups -OCH3 is 1. The van der Waals surface area contributed by atoms with Crippen LogP contribution in [0.15, 0.2) is 53.4 Å². The van der Waals surface area contributed by atoms with Gasteiger partial charge in [0, 0.05) is 18.7 Å². The maximum absolute atomic E-state index is 12.8. The summed E-state index contributed by atoms with van der Waals surface area (Å²) in [5.41, 5.74) is 0.876. The number of rotatable bonds is 8. The molecule has 7 nitrogen and oxygen atoms in total. The van der Waals surface area contributed by atoms with Crippen LogP contribution in [-0.4, -0.2) is 45.4 Å². The van der Waals surface area contributed by atoms with Gasteiger partial charge in [0.25, 0.3) is 5.91 Å². The van der Waals surface area contributed by atoms with Gasteiger partial charge in [-0.1, -0.05) is 31.0 Å². The lowest BCUT2D eigenvalue weighted by molar-refractivity contribution is -0.123. The summed E-state index contributed by atoms with van der Waals surface area (Å²) in [4.78, 5) is 12.5. The maximum atomic E-state index is 12.8. The van der Waals surface area contributed by atoms with Crippen molar-refractivity contribution in [3.63, 3.8) is 0 Å². The predicted octanol–water partition coefficient (Wildman–Crippen LogP) is 3.52.